The summed E-state index contributed by atoms with van der Waals surface area (Å²) in [5, 5.41) is 8.53. The largest absolute Gasteiger partial charge is 0.466 e. The van der Waals surface area contributed by atoms with Crippen LogP contribution in [0.2, 0.25) is 0 Å². The first-order chi connectivity index (χ1) is 12.3. The van der Waals surface area contributed by atoms with E-state index >= 15 is 0 Å². The lowest BCUT2D eigenvalue weighted by Gasteiger charge is -2.08. The summed E-state index contributed by atoms with van der Waals surface area (Å²) in [6.45, 7) is 2.12. The van der Waals surface area contributed by atoms with Gasteiger partial charge in [-0.15, -0.1) is 10.2 Å². The van der Waals surface area contributed by atoms with Crippen molar-refractivity contribution < 1.29 is 9.53 Å². The van der Waals surface area contributed by atoms with Gasteiger partial charge in [0.05, 0.1) is 17.6 Å². The third-order valence-corrected chi connectivity index (χ3v) is 3.95. The molecule has 0 saturated carbocycles. The third-order valence-electron chi connectivity index (χ3n) is 3.95. The number of ether oxygens (including phenoxy) is 1. The third kappa shape index (κ3) is 2.71. The van der Waals surface area contributed by atoms with E-state index in [1.54, 1.807) is 6.92 Å². The quantitative estimate of drug-likeness (QED) is 0.537. The number of nitrogens with zero attached hydrogens (tertiary/aromatic N) is 4. The van der Waals surface area contributed by atoms with Gasteiger partial charge in [0.25, 0.3) is 0 Å². The number of hydrogen-bond donors (Lipinski definition) is 0. The van der Waals surface area contributed by atoms with E-state index in [0.29, 0.717) is 18.1 Å². The Morgan fingerprint density at radius 1 is 1.04 bits per heavy atom. The molecule has 0 saturated heterocycles. The van der Waals surface area contributed by atoms with Crippen LogP contribution in [0.5, 0.6) is 0 Å². The van der Waals surface area contributed by atoms with Crippen LogP contribution in [0.25, 0.3) is 27.9 Å². The van der Waals surface area contributed by atoms with Crippen molar-refractivity contribution in [1.82, 2.24) is 19.6 Å². The molecule has 2 aromatic heterocycles. The Balaban J connectivity index is 1.98. The highest BCUT2D eigenvalue weighted by molar-refractivity contribution is 5.86. The Labute approximate surface area is 144 Å². The second-order valence-corrected chi connectivity index (χ2v) is 5.57. The molecule has 0 atom stereocenters. The van der Waals surface area contributed by atoms with Gasteiger partial charge >= 0.3 is 5.97 Å². The van der Waals surface area contributed by atoms with Gasteiger partial charge in [0.1, 0.15) is 17.9 Å². The Bertz CT molecular complexity index is 1060. The van der Waals surface area contributed by atoms with Crippen LogP contribution in [-0.4, -0.2) is 32.2 Å². The van der Waals surface area contributed by atoms with E-state index in [4.69, 9.17) is 9.72 Å². The first-order valence-electron chi connectivity index (χ1n) is 8.11. The van der Waals surface area contributed by atoms with Crippen molar-refractivity contribution in [2.75, 3.05) is 6.61 Å². The minimum absolute atomic E-state index is 0.0667. The van der Waals surface area contributed by atoms with Crippen LogP contribution in [0.15, 0.2) is 54.6 Å². The van der Waals surface area contributed by atoms with Crippen molar-refractivity contribution in [1.29, 1.82) is 0 Å². The average Bonchev–Trinajstić information content (AvgIpc) is 3.06. The number of carbonyl (C=O) groups is 1. The van der Waals surface area contributed by atoms with Gasteiger partial charge in [0.15, 0.2) is 5.65 Å². The molecule has 0 radical (unpaired) electrons. The van der Waals surface area contributed by atoms with Crippen LogP contribution < -0.4 is 0 Å². The average molecular weight is 332 g/mol. The number of benzene rings is 2. The predicted molar refractivity (Wildman–Crippen MR) is 94.1 cm³/mol. The smallest absolute Gasteiger partial charge is 0.313 e. The first kappa shape index (κ1) is 15.3. The van der Waals surface area contributed by atoms with Crippen molar-refractivity contribution in [2.24, 2.45) is 0 Å². The van der Waals surface area contributed by atoms with Crippen molar-refractivity contribution in [2.45, 2.75) is 13.3 Å². The highest BCUT2D eigenvalue weighted by atomic mass is 16.5. The minimum Gasteiger partial charge on any atom is -0.466 e. The fourth-order valence-electron chi connectivity index (χ4n) is 2.89. The van der Waals surface area contributed by atoms with Crippen molar-refractivity contribution >= 4 is 22.6 Å². The Kier molecular flexibility index (Phi) is 3.85. The van der Waals surface area contributed by atoms with E-state index in [0.717, 1.165) is 22.3 Å². The summed E-state index contributed by atoms with van der Waals surface area (Å²) in [6.07, 6.45) is 0.0667. The highest BCUT2D eigenvalue weighted by Crippen LogP contribution is 2.26. The van der Waals surface area contributed by atoms with Gasteiger partial charge < -0.3 is 4.74 Å². The molecule has 124 valence electrons. The number of carbonyl (C=O) groups excluding carboxylic acids is 1. The molecule has 0 N–H and O–H groups in total. The van der Waals surface area contributed by atoms with Crippen LogP contribution >= 0.6 is 0 Å². The molecule has 0 bridgehead atoms. The molecule has 2 aromatic carbocycles. The van der Waals surface area contributed by atoms with Gasteiger partial charge in [-0.2, -0.15) is 0 Å². The van der Waals surface area contributed by atoms with E-state index < -0.39 is 0 Å². The maximum atomic E-state index is 11.9. The number of fused-ring (bicyclic) bond motifs is 3. The lowest BCUT2D eigenvalue weighted by Crippen LogP contribution is -2.10. The number of aromatic nitrogens is 4. The zero-order valence-corrected chi connectivity index (χ0v) is 13.7. The maximum absolute atomic E-state index is 11.9. The zero-order chi connectivity index (χ0) is 17.2. The number of hydrogen-bond acceptors (Lipinski definition) is 5. The fourth-order valence-corrected chi connectivity index (χ4v) is 2.89. The molecule has 4 aromatic rings. The fraction of sp³-hybridized carbons (Fsp3) is 0.158. The van der Waals surface area contributed by atoms with Crippen LogP contribution in [0.3, 0.4) is 0 Å². The molecule has 0 aliphatic carbocycles. The molecule has 0 fully saturated rings. The SMILES string of the molecule is CCOC(=O)Cc1nnc2c(-c3ccccc3)nc3ccccc3n12. The first-order valence-corrected chi connectivity index (χ1v) is 8.11. The van der Waals surface area contributed by atoms with Crippen LogP contribution in [-0.2, 0) is 16.0 Å². The number of rotatable bonds is 4. The molecule has 2 heterocycles. The van der Waals surface area contributed by atoms with Gasteiger partial charge in [-0.25, -0.2) is 4.98 Å². The summed E-state index contributed by atoms with van der Waals surface area (Å²) in [4.78, 5) is 16.7. The summed E-state index contributed by atoms with van der Waals surface area (Å²) in [5.74, 6) is 0.225. The van der Waals surface area contributed by atoms with E-state index in [1.807, 2.05) is 59.0 Å². The highest BCUT2D eigenvalue weighted by Gasteiger charge is 2.18. The summed E-state index contributed by atoms with van der Waals surface area (Å²) in [5.41, 5.74) is 4.00. The van der Waals surface area contributed by atoms with Crippen molar-refractivity contribution in [3.8, 4) is 11.3 Å². The van der Waals surface area contributed by atoms with Crippen molar-refractivity contribution in [3.05, 3.63) is 60.4 Å². The lowest BCUT2D eigenvalue weighted by atomic mass is 10.1. The normalized spacial score (nSPS) is 11.1. The second-order valence-electron chi connectivity index (χ2n) is 5.57. The summed E-state index contributed by atoms with van der Waals surface area (Å²) in [7, 11) is 0. The van der Waals surface area contributed by atoms with E-state index in [9.17, 15) is 4.79 Å². The van der Waals surface area contributed by atoms with E-state index in [2.05, 4.69) is 10.2 Å². The van der Waals surface area contributed by atoms with Crippen LogP contribution in [0.1, 0.15) is 12.7 Å². The molecule has 0 unspecified atom stereocenters. The van der Waals surface area contributed by atoms with Crippen LogP contribution in [0, 0.1) is 0 Å². The van der Waals surface area contributed by atoms with Gasteiger partial charge in [-0.05, 0) is 19.1 Å². The molecule has 25 heavy (non-hydrogen) atoms. The standard InChI is InChI=1S/C19H16N4O2/c1-2-25-17(24)12-16-21-22-19-18(13-8-4-3-5-9-13)20-14-10-6-7-11-15(14)23(16)19/h3-11H,2,12H2,1H3. The Morgan fingerprint density at radius 2 is 1.80 bits per heavy atom. The minimum atomic E-state index is -0.320. The van der Waals surface area contributed by atoms with E-state index in [-0.39, 0.29) is 12.4 Å². The molecule has 4 rings (SSSR count). The zero-order valence-electron chi connectivity index (χ0n) is 13.7. The Hall–Kier alpha value is -3.28. The molecule has 6 nitrogen and oxygen atoms in total. The lowest BCUT2D eigenvalue weighted by molar-refractivity contribution is -0.142. The molecule has 0 amide bonds. The Morgan fingerprint density at radius 3 is 2.60 bits per heavy atom. The molecule has 0 aliphatic rings. The number of esters is 1. The monoisotopic (exact) mass is 332 g/mol. The second kappa shape index (κ2) is 6.32. The van der Waals surface area contributed by atoms with Gasteiger partial charge in [0.2, 0.25) is 0 Å². The molecule has 0 spiro atoms. The molecule has 6 heteroatoms. The van der Waals surface area contributed by atoms with E-state index in [1.165, 1.54) is 0 Å². The predicted octanol–water partition coefficient (Wildman–Crippen LogP) is 3.05. The maximum Gasteiger partial charge on any atom is 0.313 e. The summed E-state index contributed by atoms with van der Waals surface area (Å²) in [6, 6.07) is 17.6. The molecular formula is C19H16N4O2. The van der Waals surface area contributed by atoms with Crippen molar-refractivity contribution in [3.63, 3.8) is 0 Å². The summed E-state index contributed by atoms with van der Waals surface area (Å²) >= 11 is 0. The topological polar surface area (TPSA) is 69.4 Å². The van der Waals surface area contributed by atoms with Gasteiger partial charge in [0, 0.05) is 5.56 Å². The van der Waals surface area contributed by atoms with Crippen LogP contribution in [0.4, 0.5) is 0 Å². The molecular weight excluding hydrogens is 316 g/mol. The van der Waals surface area contributed by atoms with Gasteiger partial charge in [-0.3, -0.25) is 9.20 Å². The summed E-state index contributed by atoms with van der Waals surface area (Å²) < 4.78 is 6.95. The molecule has 0 aliphatic heterocycles. The van der Waals surface area contributed by atoms with Gasteiger partial charge in [-0.1, -0.05) is 42.5 Å². The number of para-hydroxylation sites is 2.